The summed E-state index contributed by atoms with van der Waals surface area (Å²) in [6.45, 7) is 1.68. The fourth-order valence-electron chi connectivity index (χ4n) is 5.25. The number of hydrogen-bond donors (Lipinski definition) is 0. The number of carbonyl (C=O) groups is 2. The smallest absolute Gasteiger partial charge is 0.331 e. The van der Waals surface area contributed by atoms with Crippen LogP contribution in [0.1, 0.15) is 18.1 Å². The van der Waals surface area contributed by atoms with Gasteiger partial charge in [-0.05, 0) is 54.3 Å². The standard InChI is InChI=1S/C35H29N3O3/c1-25-22-29-12-8-9-15-32(29)38(25)33(39)24-41-34(40)21-20-30-23-37(31-13-6-3-7-14-31)36-35(30)28-18-16-27(17-19-28)26-10-4-2-5-11-26/h2-21,23,25H,22,24H2,1H3. The molecule has 0 saturated carbocycles. The van der Waals surface area contributed by atoms with Crippen LogP contribution >= 0.6 is 0 Å². The van der Waals surface area contributed by atoms with E-state index in [1.807, 2.05) is 98.0 Å². The second-order valence-corrected chi connectivity index (χ2v) is 10.0. The van der Waals surface area contributed by atoms with Crippen molar-refractivity contribution < 1.29 is 14.3 Å². The molecule has 41 heavy (non-hydrogen) atoms. The van der Waals surface area contributed by atoms with Gasteiger partial charge < -0.3 is 9.64 Å². The molecule has 1 aliphatic rings. The highest BCUT2D eigenvalue weighted by Gasteiger charge is 2.30. The van der Waals surface area contributed by atoms with E-state index in [1.54, 1.807) is 15.7 Å². The maximum absolute atomic E-state index is 12.9. The molecule has 0 aliphatic carbocycles. The van der Waals surface area contributed by atoms with Crippen molar-refractivity contribution in [2.75, 3.05) is 11.5 Å². The van der Waals surface area contributed by atoms with Crippen molar-refractivity contribution >= 4 is 23.6 Å². The van der Waals surface area contributed by atoms with Crippen molar-refractivity contribution in [1.82, 2.24) is 9.78 Å². The lowest BCUT2D eigenvalue weighted by Gasteiger charge is -2.22. The Labute approximate surface area is 239 Å². The zero-order chi connectivity index (χ0) is 28.2. The molecule has 4 aromatic carbocycles. The molecule has 0 fully saturated rings. The average Bonchev–Trinajstić information content (AvgIpc) is 3.60. The van der Waals surface area contributed by atoms with Gasteiger partial charge in [0.05, 0.1) is 11.4 Å². The molecule has 5 aromatic rings. The van der Waals surface area contributed by atoms with E-state index < -0.39 is 5.97 Å². The molecule has 1 amide bonds. The molecule has 1 atom stereocenters. The van der Waals surface area contributed by atoms with Crippen LogP contribution in [0.5, 0.6) is 0 Å². The Hall–Kier alpha value is -5.23. The second-order valence-electron chi connectivity index (χ2n) is 10.0. The molecular formula is C35H29N3O3. The van der Waals surface area contributed by atoms with Crippen LogP contribution in [0.4, 0.5) is 5.69 Å². The van der Waals surface area contributed by atoms with Gasteiger partial charge in [-0.3, -0.25) is 4.79 Å². The Balaban J connectivity index is 1.21. The highest BCUT2D eigenvalue weighted by molar-refractivity contribution is 5.98. The Morgan fingerprint density at radius 1 is 0.829 bits per heavy atom. The summed E-state index contributed by atoms with van der Waals surface area (Å²) in [6.07, 6.45) is 5.71. The van der Waals surface area contributed by atoms with Crippen LogP contribution in [0.3, 0.4) is 0 Å². The predicted octanol–water partition coefficient (Wildman–Crippen LogP) is 6.74. The van der Waals surface area contributed by atoms with Gasteiger partial charge in [-0.25, -0.2) is 9.48 Å². The number of benzene rings is 4. The Kier molecular flexibility index (Phi) is 7.28. The quantitative estimate of drug-likeness (QED) is 0.170. The first-order valence-corrected chi connectivity index (χ1v) is 13.6. The van der Waals surface area contributed by atoms with E-state index in [0.717, 1.165) is 51.3 Å². The van der Waals surface area contributed by atoms with Crippen LogP contribution in [0, 0.1) is 0 Å². The zero-order valence-corrected chi connectivity index (χ0v) is 22.7. The first-order chi connectivity index (χ1) is 20.1. The molecule has 1 aromatic heterocycles. The molecule has 6 heteroatoms. The third-order valence-electron chi connectivity index (χ3n) is 7.24. The Bertz CT molecular complexity index is 1710. The van der Waals surface area contributed by atoms with Gasteiger partial charge in [0.15, 0.2) is 6.61 Å². The maximum Gasteiger partial charge on any atom is 0.331 e. The van der Waals surface area contributed by atoms with Gasteiger partial charge in [0.1, 0.15) is 0 Å². The average molecular weight is 540 g/mol. The molecule has 6 rings (SSSR count). The second kappa shape index (κ2) is 11.5. The largest absolute Gasteiger partial charge is 0.452 e. The zero-order valence-electron chi connectivity index (χ0n) is 22.7. The number of ether oxygens (including phenoxy) is 1. The van der Waals surface area contributed by atoms with Crippen LogP contribution in [-0.4, -0.2) is 34.3 Å². The molecule has 6 nitrogen and oxygen atoms in total. The van der Waals surface area contributed by atoms with Gasteiger partial charge in [0, 0.05) is 35.1 Å². The molecular weight excluding hydrogens is 510 g/mol. The lowest BCUT2D eigenvalue weighted by molar-refractivity contribution is -0.143. The third-order valence-corrected chi connectivity index (χ3v) is 7.24. The SMILES string of the molecule is CC1Cc2ccccc2N1C(=O)COC(=O)C=Cc1cn(-c2ccccc2)nc1-c1ccc(-c2ccccc2)cc1. The minimum absolute atomic E-state index is 0.0220. The molecule has 0 N–H and O–H groups in total. The predicted molar refractivity (Wildman–Crippen MR) is 162 cm³/mol. The van der Waals surface area contributed by atoms with E-state index in [9.17, 15) is 9.59 Å². The van der Waals surface area contributed by atoms with E-state index >= 15 is 0 Å². The minimum Gasteiger partial charge on any atom is -0.452 e. The van der Waals surface area contributed by atoms with E-state index in [0.29, 0.717) is 0 Å². The number of aromatic nitrogens is 2. The third kappa shape index (κ3) is 5.58. The van der Waals surface area contributed by atoms with Gasteiger partial charge in [0.2, 0.25) is 0 Å². The van der Waals surface area contributed by atoms with Gasteiger partial charge in [-0.15, -0.1) is 0 Å². The molecule has 1 unspecified atom stereocenters. The molecule has 2 heterocycles. The van der Waals surface area contributed by atoms with Crippen LogP contribution in [0.2, 0.25) is 0 Å². The molecule has 1 aliphatic heterocycles. The first kappa shape index (κ1) is 26.0. The van der Waals surface area contributed by atoms with Crippen LogP contribution in [-0.2, 0) is 20.7 Å². The van der Waals surface area contributed by atoms with Crippen LogP contribution in [0.25, 0.3) is 34.1 Å². The Morgan fingerprint density at radius 2 is 1.46 bits per heavy atom. The normalized spacial score (nSPS) is 14.3. The van der Waals surface area contributed by atoms with Crippen molar-refractivity contribution in [2.45, 2.75) is 19.4 Å². The van der Waals surface area contributed by atoms with E-state index in [4.69, 9.17) is 9.84 Å². The summed E-state index contributed by atoms with van der Waals surface area (Å²) in [4.78, 5) is 27.3. The number of hydrogen-bond acceptors (Lipinski definition) is 4. The molecule has 0 radical (unpaired) electrons. The number of fused-ring (bicyclic) bond motifs is 1. The summed E-state index contributed by atoms with van der Waals surface area (Å²) in [5.74, 6) is -0.823. The van der Waals surface area contributed by atoms with Gasteiger partial charge in [-0.2, -0.15) is 5.10 Å². The monoisotopic (exact) mass is 539 g/mol. The lowest BCUT2D eigenvalue weighted by Crippen LogP contribution is -2.38. The highest BCUT2D eigenvalue weighted by Crippen LogP contribution is 2.32. The summed E-state index contributed by atoms with van der Waals surface area (Å²) in [7, 11) is 0. The minimum atomic E-state index is -0.587. The van der Waals surface area contributed by atoms with Crippen LogP contribution < -0.4 is 4.90 Å². The number of anilines is 1. The fourth-order valence-corrected chi connectivity index (χ4v) is 5.25. The molecule has 0 bridgehead atoms. The molecule has 202 valence electrons. The van der Waals surface area contributed by atoms with Crippen molar-refractivity contribution in [2.24, 2.45) is 0 Å². The summed E-state index contributed by atoms with van der Waals surface area (Å²) >= 11 is 0. The van der Waals surface area contributed by atoms with Crippen molar-refractivity contribution in [3.8, 4) is 28.1 Å². The summed E-state index contributed by atoms with van der Waals surface area (Å²) < 4.78 is 7.15. The van der Waals surface area contributed by atoms with E-state index in [2.05, 4.69) is 24.3 Å². The van der Waals surface area contributed by atoms with Gasteiger partial charge >= 0.3 is 5.97 Å². The number of nitrogens with zero attached hydrogens (tertiary/aromatic N) is 3. The van der Waals surface area contributed by atoms with Crippen LogP contribution in [0.15, 0.2) is 121 Å². The van der Waals surface area contributed by atoms with Crippen molar-refractivity contribution in [3.05, 3.63) is 133 Å². The highest BCUT2D eigenvalue weighted by atomic mass is 16.5. The first-order valence-electron chi connectivity index (χ1n) is 13.6. The molecule has 0 saturated heterocycles. The summed E-state index contributed by atoms with van der Waals surface area (Å²) in [6, 6.07) is 36.0. The number of carbonyl (C=O) groups excluding carboxylic acids is 2. The van der Waals surface area contributed by atoms with Gasteiger partial charge in [-0.1, -0.05) is 91.0 Å². The maximum atomic E-state index is 12.9. The van der Waals surface area contributed by atoms with Crippen molar-refractivity contribution in [1.29, 1.82) is 0 Å². The Morgan fingerprint density at radius 3 is 2.22 bits per heavy atom. The number of rotatable bonds is 7. The summed E-state index contributed by atoms with van der Waals surface area (Å²) in [5.41, 5.74) is 7.57. The van der Waals surface area contributed by atoms with E-state index in [-0.39, 0.29) is 18.6 Å². The number of esters is 1. The lowest BCUT2D eigenvalue weighted by atomic mass is 10.0. The molecule has 0 spiro atoms. The van der Waals surface area contributed by atoms with Crippen molar-refractivity contribution in [3.63, 3.8) is 0 Å². The number of para-hydroxylation sites is 2. The fraction of sp³-hybridized carbons (Fsp3) is 0.114. The topological polar surface area (TPSA) is 64.4 Å². The summed E-state index contributed by atoms with van der Waals surface area (Å²) in [5, 5.41) is 4.84. The number of amides is 1. The van der Waals surface area contributed by atoms with E-state index in [1.165, 1.54) is 6.08 Å². The van der Waals surface area contributed by atoms with Gasteiger partial charge in [0.25, 0.3) is 5.91 Å².